The molecule has 6 heteroatoms. The summed E-state index contributed by atoms with van der Waals surface area (Å²) in [7, 11) is -3.32. The third kappa shape index (κ3) is 3.05. The van der Waals surface area contributed by atoms with Crippen molar-refractivity contribution < 1.29 is 12.8 Å². The van der Waals surface area contributed by atoms with Crippen LogP contribution in [0.3, 0.4) is 0 Å². The van der Waals surface area contributed by atoms with E-state index >= 15 is 0 Å². The maximum atomic E-state index is 13.2. The van der Waals surface area contributed by atoms with E-state index in [4.69, 9.17) is 0 Å². The number of aromatic nitrogens is 1. The molecule has 0 amide bonds. The summed E-state index contributed by atoms with van der Waals surface area (Å²) in [5.74, 6) is -0.291. The summed E-state index contributed by atoms with van der Waals surface area (Å²) in [5, 5.41) is 0.770. The molecular formula is C15H13FN2O2S. The van der Waals surface area contributed by atoms with Gasteiger partial charge in [0.05, 0.1) is 6.26 Å². The topological polar surface area (TPSA) is 62.0 Å². The van der Waals surface area contributed by atoms with Gasteiger partial charge < -0.3 is 4.98 Å². The lowest BCUT2D eigenvalue weighted by atomic mass is 10.1. The Morgan fingerprint density at radius 1 is 1.10 bits per heavy atom. The predicted molar refractivity (Wildman–Crippen MR) is 82.2 cm³/mol. The zero-order valence-electron chi connectivity index (χ0n) is 11.2. The van der Waals surface area contributed by atoms with Crippen molar-refractivity contribution in [3.63, 3.8) is 0 Å². The Labute approximate surface area is 121 Å². The van der Waals surface area contributed by atoms with E-state index in [1.165, 1.54) is 12.1 Å². The zero-order valence-corrected chi connectivity index (χ0v) is 12.0. The molecule has 108 valence electrons. The van der Waals surface area contributed by atoms with Crippen molar-refractivity contribution >= 4 is 26.6 Å². The van der Waals surface area contributed by atoms with E-state index in [1.54, 1.807) is 24.3 Å². The minimum Gasteiger partial charge on any atom is -0.355 e. The summed E-state index contributed by atoms with van der Waals surface area (Å²) in [6, 6.07) is 13.4. The minimum absolute atomic E-state index is 0.291. The first-order valence-corrected chi connectivity index (χ1v) is 8.16. The Bertz CT molecular complexity index is 916. The molecule has 0 aliphatic heterocycles. The van der Waals surface area contributed by atoms with E-state index in [0.29, 0.717) is 5.69 Å². The fourth-order valence-corrected chi connectivity index (χ4v) is 2.78. The number of H-pyrrole nitrogens is 1. The molecule has 0 radical (unpaired) electrons. The Kier molecular flexibility index (Phi) is 3.17. The van der Waals surface area contributed by atoms with Crippen LogP contribution in [0.25, 0.3) is 22.2 Å². The molecule has 0 aliphatic rings. The van der Waals surface area contributed by atoms with Crippen LogP contribution in [0.15, 0.2) is 48.5 Å². The van der Waals surface area contributed by atoms with Crippen molar-refractivity contribution in [1.82, 2.24) is 4.98 Å². The molecule has 0 saturated heterocycles. The van der Waals surface area contributed by atoms with Gasteiger partial charge in [-0.3, -0.25) is 4.72 Å². The van der Waals surface area contributed by atoms with Gasteiger partial charge in [-0.1, -0.05) is 12.1 Å². The largest absolute Gasteiger partial charge is 0.355 e. The van der Waals surface area contributed by atoms with E-state index in [2.05, 4.69) is 9.71 Å². The molecule has 4 nitrogen and oxygen atoms in total. The van der Waals surface area contributed by atoms with Crippen LogP contribution in [0.2, 0.25) is 0 Å². The SMILES string of the molecule is CS(=O)(=O)Nc1cccc(-c2cc3cc(F)ccc3[nH]2)c1. The number of benzene rings is 2. The normalized spacial score (nSPS) is 11.7. The predicted octanol–water partition coefficient (Wildman–Crippen LogP) is 3.35. The Morgan fingerprint density at radius 3 is 2.67 bits per heavy atom. The highest BCUT2D eigenvalue weighted by atomic mass is 32.2. The maximum absolute atomic E-state index is 13.2. The first-order valence-electron chi connectivity index (χ1n) is 6.27. The standard InChI is InChI=1S/C15H13FN2O2S/c1-21(19,20)18-13-4-2-3-10(8-13)15-9-11-7-12(16)5-6-14(11)17-15/h2-9,17-18H,1H3. The van der Waals surface area contributed by atoms with Gasteiger partial charge in [-0.15, -0.1) is 0 Å². The lowest BCUT2D eigenvalue weighted by Crippen LogP contribution is -2.09. The highest BCUT2D eigenvalue weighted by Crippen LogP contribution is 2.26. The van der Waals surface area contributed by atoms with Crippen LogP contribution < -0.4 is 4.72 Å². The summed E-state index contributed by atoms with van der Waals surface area (Å²) < 4.78 is 38.2. The van der Waals surface area contributed by atoms with Crippen LogP contribution in [-0.4, -0.2) is 19.7 Å². The Balaban J connectivity index is 2.04. The summed E-state index contributed by atoms with van der Waals surface area (Å²) in [5.41, 5.74) is 2.93. The smallest absolute Gasteiger partial charge is 0.229 e. The molecule has 21 heavy (non-hydrogen) atoms. The molecule has 0 bridgehead atoms. The van der Waals surface area contributed by atoms with Crippen LogP contribution in [0.1, 0.15) is 0 Å². The van der Waals surface area contributed by atoms with E-state index in [0.717, 1.165) is 28.4 Å². The number of anilines is 1. The molecule has 0 aliphatic carbocycles. The molecule has 0 spiro atoms. The van der Waals surface area contributed by atoms with Crippen molar-refractivity contribution in [2.45, 2.75) is 0 Å². The van der Waals surface area contributed by atoms with Gasteiger partial charge in [0.15, 0.2) is 0 Å². The zero-order chi connectivity index (χ0) is 15.0. The molecule has 3 rings (SSSR count). The van der Waals surface area contributed by atoms with Crippen LogP contribution in [0.4, 0.5) is 10.1 Å². The highest BCUT2D eigenvalue weighted by molar-refractivity contribution is 7.92. The first-order chi connectivity index (χ1) is 9.90. The van der Waals surface area contributed by atoms with Crippen molar-refractivity contribution in [3.8, 4) is 11.3 Å². The number of nitrogens with one attached hydrogen (secondary N) is 2. The van der Waals surface area contributed by atoms with Crippen LogP contribution in [-0.2, 0) is 10.0 Å². The molecule has 1 aromatic heterocycles. The summed E-state index contributed by atoms with van der Waals surface area (Å²) in [6.45, 7) is 0. The number of rotatable bonds is 3. The van der Waals surface area contributed by atoms with E-state index in [1.807, 2.05) is 12.1 Å². The third-order valence-electron chi connectivity index (χ3n) is 3.06. The van der Waals surface area contributed by atoms with Crippen molar-refractivity contribution in [1.29, 1.82) is 0 Å². The summed E-state index contributed by atoms with van der Waals surface area (Å²) >= 11 is 0. The molecule has 0 unspecified atom stereocenters. The second-order valence-corrected chi connectivity index (χ2v) is 6.62. The highest BCUT2D eigenvalue weighted by Gasteiger charge is 2.07. The van der Waals surface area contributed by atoms with Crippen molar-refractivity contribution in [2.75, 3.05) is 11.0 Å². The average Bonchev–Trinajstić information content (AvgIpc) is 2.80. The maximum Gasteiger partial charge on any atom is 0.229 e. The van der Waals surface area contributed by atoms with Crippen molar-refractivity contribution in [3.05, 3.63) is 54.3 Å². The molecule has 0 fully saturated rings. The number of hydrogen-bond acceptors (Lipinski definition) is 2. The van der Waals surface area contributed by atoms with Gasteiger partial charge >= 0.3 is 0 Å². The number of fused-ring (bicyclic) bond motifs is 1. The Morgan fingerprint density at radius 2 is 1.90 bits per heavy atom. The number of halogens is 1. The fourth-order valence-electron chi connectivity index (χ4n) is 2.22. The van der Waals surface area contributed by atoms with Gasteiger partial charge in [0.1, 0.15) is 5.82 Å². The quantitative estimate of drug-likeness (QED) is 0.779. The Hall–Kier alpha value is -2.34. The minimum atomic E-state index is -3.32. The lowest BCUT2D eigenvalue weighted by Gasteiger charge is -2.05. The second-order valence-electron chi connectivity index (χ2n) is 4.87. The van der Waals surface area contributed by atoms with Gasteiger partial charge in [-0.25, -0.2) is 12.8 Å². The fraction of sp³-hybridized carbons (Fsp3) is 0.0667. The molecule has 3 aromatic rings. The second kappa shape index (κ2) is 4.89. The van der Waals surface area contributed by atoms with Crippen LogP contribution in [0.5, 0.6) is 0 Å². The van der Waals surface area contributed by atoms with Crippen LogP contribution >= 0.6 is 0 Å². The van der Waals surface area contributed by atoms with Crippen molar-refractivity contribution in [2.24, 2.45) is 0 Å². The molecule has 2 aromatic carbocycles. The number of sulfonamides is 1. The van der Waals surface area contributed by atoms with Gasteiger partial charge in [0.25, 0.3) is 0 Å². The lowest BCUT2D eigenvalue weighted by molar-refractivity contribution is 0.607. The molecular weight excluding hydrogens is 291 g/mol. The molecule has 2 N–H and O–H groups in total. The molecule has 0 atom stereocenters. The molecule has 0 saturated carbocycles. The summed E-state index contributed by atoms with van der Waals surface area (Å²) in [4.78, 5) is 3.19. The third-order valence-corrected chi connectivity index (χ3v) is 3.67. The van der Waals surface area contributed by atoms with Gasteiger partial charge in [0.2, 0.25) is 10.0 Å². The summed E-state index contributed by atoms with van der Waals surface area (Å²) in [6.07, 6.45) is 1.10. The first kappa shape index (κ1) is 13.6. The van der Waals surface area contributed by atoms with Gasteiger partial charge in [-0.2, -0.15) is 0 Å². The van der Waals surface area contributed by atoms with Gasteiger partial charge in [-0.05, 0) is 36.4 Å². The average molecular weight is 304 g/mol. The van der Waals surface area contributed by atoms with Gasteiger partial charge in [0, 0.05) is 27.8 Å². The van der Waals surface area contributed by atoms with E-state index in [9.17, 15) is 12.8 Å². The van der Waals surface area contributed by atoms with E-state index in [-0.39, 0.29) is 5.82 Å². The monoisotopic (exact) mass is 304 g/mol. The molecule has 1 heterocycles. The van der Waals surface area contributed by atoms with Crippen LogP contribution in [0, 0.1) is 5.82 Å². The van der Waals surface area contributed by atoms with E-state index < -0.39 is 10.0 Å². The number of hydrogen-bond donors (Lipinski definition) is 2. The number of aromatic amines is 1.